The van der Waals surface area contributed by atoms with Crippen molar-refractivity contribution in [2.45, 2.75) is 11.3 Å². The van der Waals surface area contributed by atoms with Crippen molar-refractivity contribution in [3.8, 4) is 11.3 Å². The van der Waals surface area contributed by atoms with E-state index in [0.29, 0.717) is 11.3 Å². The third-order valence-corrected chi connectivity index (χ3v) is 6.50. The number of sulfone groups is 1. The number of carbonyl (C=O) groups is 1. The zero-order valence-electron chi connectivity index (χ0n) is 15.8. The molecule has 0 aliphatic carbocycles. The normalized spacial score (nSPS) is 14.0. The smallest absolute Gasteiger partial charge is 0.230 e. The highest BCUT2D eigenvalue weighted by molar-refractivity contribution is 7.94. The van der Waals surface area contributed by atoms with Crippen LogP contribution >= 0.6 is 0 Å². The number of nitrogens with zero attached hydrogens (tertiary/aromatic N) is 2. The van der Waals surface area contributed by atoms with Gasteiger partial charge in [0.2, 0.25) is 15.7 Å². The van der Waals surface area contributed by atoms with Gasteiger partial charge < -0.3 is 9.72 Å². The van der Waals surface area contributed by atoms with Gasteiger partial charge in [0.15, 0.2) is 0 Å². The standard InChI is InChI=1S/C23H17N3O3S/c27-22(24-18-10-9-16-11-13-30(28,29)20(16)14-18)15-19-23(17-6-2-1-3-7-17)25-21-8-4-5-12-26(19)21/h1-14H,15H2,(H,24,27). The lowest BCUT2D eigenvalue weighted by molar-refractivity contribution is -0.115. The van der Waals surface area contributed by atoms with Crippen LogP contribution in [0.15, 0.2) is 83.2 Å². The second-order valence-corrected chi connectivity index (χ2v) is 8.83. The van der Waals surface area contributed by atoms with Crippen LogP contribution in [0.4, 0.5) is 5.69 Å². The number of hydrogen-bond donors (Lipinski definition) is 1. The predicted octanol–water partition coefficient (Wildman–Crippen LogP) is 3.94. The fourth-order valence-corrected chi connectivity index (χ4v) is 4.86. The topological polar surface area (TPSA) is 80.5 Å². The Morgan fingerprint density at radius 1 is 1.00 bits per heavy atom. The number of amides is 1. The molecule has 0 fully saturated rings. The quantitative estimate of drug-likeness (QED) is 0.547. The van der Waals surface area contributed by atoms with Crippen LogP contribution in [0.2, 0.25) is 0 Å². The largest absolute Gasteiger partial charge is 0.326 e. The number of imidazole rings is 1. The Labute approximate surface area is 173 Å². The number of anilines is 1. The second kappa shape index (κ2) is 6.96. The van der Waals surface area contributed by atoms with Crippen molar-refractivity contribution in [2.24, 2.45) is 0 Å². The number of hydrogen-bond acceptors (Lipinski definition) is 4. The van der Waals surface area contributed by atoms with E-state index >= 15 is 0 Å². The van der Waals surface area contributed by atoms with Gasteiger partial charge in [0.1, 0.15) is 5.65 Å². The molecule has 2 aromatic carbocycles. The van der Waals surface area contributed by atoms with E-state index in [9.17, 15) is 13.2 Å². The van der Waals surface area contributed by atoms with Gasteiger partial charge in [0.05, 0.1) is 22.7 Å². The minimum atomic E-state index is -3.43. The van der Waals surface area contributed by atoms with Gasteiger partial charge >= 0.3 is 0 Å². The Bertz CT molecular complexity index is 1420. The average Bonchev–Trinajstić information content (AvgIpc) is 3.26. The molecular formula is C23H17N3O3S. The summed E-state index contributed by atoms with van der Waals surface area (Å²) in [5.74, 6) is -0.249. The summed E-state index contributed by atoms with van der Waals surface area (Å²) in [6.45, 7) is 0. The Hall–Kier alpha value is -3.71. The lowest BCUT2D eigenvalue weighted by Gasteiger charge is -2.09. The molecule has 2 aromatic heterocycles. The van der Waals surface area contributed by atoms with Crippen LogP contribution in [0.5, 0.6) is 0 Å². The Morgan fingerprint density at radius 3 is 2.63 bits per heavy atom. The molecule has 1 aliphatic heterocycles. The van der Waals surface area contributed by atoms with Crippen LogP contribution < -0.4 is 5.32 Å². The number of pyridine rings is 1. The molecule has 0 saturated heterocycles. The zero-order valence-corrected chi connectivity index (χ0v) is 16.6. The molecule has 1 N–H and O–H groups in total. The highest BCUT2D eigenvalue weighted by atomic mass is 32.2. The van der Waals surface area contributed by atoms with E-state index in [1.807, 2.05) is 59.1 Å². The van der Waals surface area contributed by atoms with Gasteiger partial charge in [0, 0.05) is 22.9 Å². The van der Waals surface area contributed by atoms with Gasteiger partial charge in [0.25, 0.3) is 0 Å². The summed E-state index contributed by atoms with van der Waals surface area (Å²) in [4.78, 5) is 17.8. The molecule has 1 amide bonds. The summed E-state index contributed by atoms with van der Waals surface area (Å²) < 4.78 is 26.1. The van der Waals surface area contributed by atoms with Crippen LogP contribution in [-0.4, -0.2) is 23.7 Å². The first-order chi connectivity index (χ1) is 14.5. The molecule has 0 atom stereocenters. The highest BCUT2D eigenvalue weighted by Crippen LogP contribution is 2.30. The minimum absolute atomic E-state index is 0.0947. The first-order valence-corrected chi connectivity index (χ1v) is 10.9. The van der Waals surface area contributed by atoms with Gasteiger partial charge in [-0.3, -0.25) is 4.79 Å². The Kier molecular flexibility index (Phi) is 4.25. The van der Waals surface area contributed by atoms with E-state index in [4.69, 9.17) is 4.98 Å². The van der Waals surface area contributed by atoms with E-state index in [2.05, 4.69) is 5.32 Å². The number of fused-ring (bicyclic) bond motifs is 2. The molecule has 30 heavy (non-hydrogen) atoms. The number of benzene rings is 2. The molecule has 1 aliphatic rings. The van der Waals surface area contributed by atoms with Crippen molar-refractivity contribution >= 4 is 33.2 Å². The monoisotopic (exact) mass is 415 g/mol. The van der Waals surface area contributed by atoms with E-state index < -0.39 is 9.84 Å². The third kappa shape index (κ3) is 3.19. The maximum atomic E-state index is 12.9. The first kappa shape index (κ1) is 18.3. The van der Waals surface area contributed by atoms with Crippen molar-refractivity contribution in [2.75, 3.05) is 5.32 Å². The van der Waals surface area contributed by atoms with Gasteiger partial charge in [-0.25, -0.2) is 13.4 Å². The van der Waals surface area contributed by atoms with E-state index in [-0.39, 0.29) is 17.2 Å². The fraction of sp³-hybridized carbons (Fsp3) is 0.0435. The highest BCUT2D eigenvalue weighted by Gasteiger charge is 2.22. The average molecular weight is 415 g/mol. The lowest BCUT2D eigenvalue weighted by atomic mass is 10.1. The van der Waals surface area contributed by atoms with Crippen molar-refractivity contribution in [1.82, 2.24) is 9.38 Å². The summed E-state index contributed by atoms with van der Waals surface area (Å²) in [5.41, 5.74) is 4.28. The predicted molar refractivity (Wildman–Crippen MR) is 116 cm³/mol. The fourth-order valence-electron chi connectivity index (χ4n) is 3.63. The molecule has 3 heterocycles. The van der Waals surface area contributed by atoms with Crippen LogP contribution in [0, 0.1) is 0 Å². The van der Waals surface area contributed by atoms with Gasteiger partial charge in [-0.15, -0.1) is 0 Å². The van der Waals surface area contributed by atoms with Crippen LogP contribution in [0.1, 0.15) is 11.3 Å². The van der Waals surface area contributed by atoms with Gasteiger partial charge in [-0.05, 0) is 35.9 Å². The molecule has 0 bridgehead atoms. The van der Waals surface area contributed by atoms with Crippen molar-refractivity contribution in [3.63, 3.8) is 0 Å². The summed E-state index contributed by atoms with van der Waals surface area (Å²) in [6.07, 6.45) is 3.53. The van der Waals surface area contributed by atoms with Gasteiger partial charge in [-0.1, -0.05) is 42.5 Å². The van der Waals surface area contributed by atoms with Crippen molar-refractivity contribution < 1.29 is 13.2 Å². The molecule has 5 rings (SSSR count). The van der Waals surface area contributed by atoms with Crippen molar-refractivity contribution in [3.05, 3.63) is 89.6 Å². The SMILES string of the molecule is O=C(Cc1c(-c2ccccc2)nc2ccccn12)Nc1ccc2c(c1)S(=O)(=O)C=C2. The van der Waals surface area contributed by atoms with E-state index in [0.717, 1.165) is 22.6 Å². The Morgan fingerprint density at radius 2 is 1.80 bits per heavy atom. The van der Waals surface area contributed by atoms with Crippen molar-refractivity contribution in [1.29, 1.82) is 0 Å². The lowest BCUT2D eigenvalue weighted by Crippen LogP contribution is -2.16. The molecule has 6 nitrogen and oxygen atoms in total. The number of carbonyl (C=O) groups excluding carboxylic acids is 1. The summed E-state index contributed by atoms with van der Waals surface area (Å²) in [6, 6.07) is 20.3. The van der Waals surface area contributed by atoms with Crippen LogP contribution in [-0.2, 0) is 21.1 Å². The third-order valence-electron chi connectivity index (χ3n) is 5.03. The van der Waals surface area contributed by atoms with Crippen LogP contribution in [0.25, 0.3) is 23.0 Å². The van der Waals surface area contributed by atoms with E-state index in [1.165, 1.54) is 11.5 Å². The summed E-state index contributed by atoms with van der Waals surface area (Å²) >= 11 is 0. The number of nitrogens with one attached hydrogen (secondary N) is 1. The molecule has 0 saturated carbocycles. The number of rotatable bonds is 4. The summed E-state index contributed by atoms with van der Waals surface area (Å²) in [7, 11) is -3.43. The molecule has 0 spiro atoms. The molecule has 148 valence electrons. The molecule has 0 unspecified atom stereocenters. The van der Waals surface area contributed by atoms with E-state index in [1.54, 1.807) is 18.2 Å². The Balaban J connectivity index is 1.47. The molecule has 4 aromatic rings. The minimum Gasteiger partial charge on any atom is -0.326 e. The summed E-state index contributed by atoms with van der Waals surface area (Å²) in [5, 5.41) is 3.99. The maximum Gasteiger partial charge on any atom is 0.230 e. The molecule has 0 radical (unpaired) electrons. The first-order valence-electron chi connectivity index (χ1n) is 9.40. The molecule has 7 heteroatoms. The second-order valence-electron chi connectivity index (χ2n) is 7.03. The van der Waals surface area contributed by atoms with Gasteiger partial charge in [-0.2, -0.15) is 0 Å². The van der Waals surface area contributed by atoms with Crippen LogP contribution in [0.3, 0.4) is 0 Å². The zero-order chi connectivity index (χ0) is 20.7. The number of aromatic nitrogens is 2. The molecular weight excluding hydrogens is 398 g/mol. The maximum absolute atomic E-state index is 12.9.